The standard InChI is InChI=1S/C30H30F3NO4/c1-18(2)27-21(10-7-11-26(27)38-15-14-19-8-5-3-4-6-9-19)28(35)34-25-16-20(22-17-23(22)29(36)37)12-13-24(25)30(31,32)33/h3,5-13,16,18,22-23H,4,14-15,17H2,1-2H3,(H,34,35)(H,36,37)/t22-,23-/m1/s1. The van der Waals surface area contributed by atoms with Gasteiger partial charge < -0.3 is 15.2 Å². The minimum Gasteiger partial charge on any atom is -0.493 e. The second kappa shape index (κ2) is 11.3. The lowest BCUT2D eigenvalue weighted by Gasteiger charge is -2.20. The molecule has 0 aromatic heterocycles. The number of hydrogen-bond acceptors (Lipinski definition) is 3. The molecular formula is C30H30F3NO4. The van der Waals surface area contributed by atoms with Crippen LogP contribution in [0.25, 0.3) is 0 Å². The van der Waals surface area contributed by atoms with E-state index in [0.717, 1.165) is 18.1 Å². The number of carbonyl (C=O) groups excluding carboxylic acids is 1. The Hall–Kier alpha value is -3.81. The van der Waals surface area contributed by atoms with Gasteiger partial charge in [0.2, 0.25) is 0 Å². The van der Waals surface area contributed by atoms with E-state index in [0.29, 0.717) is 36.3 Å². The quantitative estimate of drug-likeness (QED) is 0.356. The fourth-order valence-electron chi connectivity index (χ4n) is 4.70. The number of rotatable bonds is 9. The lowest BCUT2D eigenvalue weighted by molar-refractivity contribution is -0.139. The average molecular weight is 526 g/mol. The van der Waals surface area contributed by atoms with Crippen LogP contribution in [0.1, 0.15) is 72.0 Å². The number of carboxylic acid groups (broad SMARTS) is 1. The molecule has 0 aliphatic heterocycles. The molecule has 1 saturated carbocycles. The molecule has 1 amide bonds. The number of halogens is 3. The molecule has 0 spiro atoms. The number of aliphatic carboxylic acids is 1. The summed E-state index contributed by atoms with van der Waals surface area (Å²) in [6.45, 7) is 4.16. The third kappa shape index (κ3) is 6.36. The molecule has 8 heteroatoms. The number of anilines is 1. The van der Waals surface area contributed by atoms with Gasteiger partial charge in [0.1, 0.15) is 5.75 Å². The van der Waals surface area contributed by atoms with Crippen LogP contribution in [0.15, 0.2) is 72.4 Å². The number of amides is 1. The summed E-state index contributed by atoms with van der Waals surface area (Å²) in [5.41, 5.74) is 1.02. The monoisotopic (exact) mass is 525 g/mol. The number of alkyl halides is 3. The first-order valence-electron chi connectivity index (χ1n) is 12.6. The van der Waals surface area contributed by atoms with Gasteiger partial charge in [0.05, 0.1) is 23.8 Å². The Morgan fingerprint density at radius 3 is 2.63 bits per heavy atom. The van der Waals surface area contributed by atoms with Gasteiger partial charge in [0.25, 0.3) is 5.91 Å². The largest absolute Gasteiger partial charge is 0.493 e. The molecule has 2 N–H and O–H groups in total. The molecule has 2 aliphatic carbocycles. The number of ether oxygens (including phenoxy) is 1. The number of nitrogens with one attached hydrogen (secondary N) is 1. The van der Waals surface area contributed by atoms with E-state index in [1.165, 1.54) is 12.1 Å². The van der Waals surface area contributed by atoms with Crippen molar-refractivity contribution in [2.75, 3.05) is 11.9 Å². The maximum absolute atomic E-state index is 13.8. The van der Waals surface area contributed by atoms with Crippen LogP contribution in [0.4, 0.5) is 18.9 Å². The molecule has 2 atom stereocenters. The molecule has 0 bridgehead atoms. The smallest absolute Gasteiger partial charge is 0.418 e. The first-order chi connectivity index (χ1) is 18.1. The summed E-state index contributed by atoms with van der Waals surface area (Å²) in [6, 6.07) is 8.39. The van der Waals surface area contributed by atoms with E-state index in [-0.39, 0.29) is 17.4 Å². The Morgan fingerprint density at radius 1 is 1.16 bits per heavy atom. The molecule has 0 radical (unpaired) electrons. The first kappa shape index (κ1) is 27.2. The van der Waals surface area contributed by atoms with Crippen LogP contribution in [0, 0.1) is 5.92 Å². The number of carbonyl (C=O) groups is 2. The lowest BCUT2D eigenvalue weighted by Crippen LogP contribution is -2.19. The summed E-state index contributed by atoms with van der Waals surface area (Å²) < 4.78 is 47.3. The predicted molar refractivity (Wildman–Crippen MR) is 140 cm³/mol. The third-order valence-corrected chi connectivity index (χ3v) is 6.72. The fraction of sp³-hybridized carbons (Fsp3) is 0.333. The van der Waals surface area contributed by atoms with Gasteiger partial charge in [-0.05, 0) is 60.1 Å². The minimum absolute atomic E-state index is 0.136. The van der Waals surface area contributed by atoms with Gasteiger partial charge in [-0.15, -0.1) is 0 Å². The van der Waals surface area contributed by atoms with Crippen LogP contribution in [0.2, 0.25) is 0 Å². The maximum atomic E-state index is 13.8. The van der Waals surface area contributed by atoms with E-state index in [4.69, 9.17) is 4.74 Å². The molecule has 0 saturated heterocycles. The second-order valence-corrected chi connectivity index (χ2v) is 9.82. The van der Waals surface area contributed by atoms with Gasteiger partial charge in [-0.2, -0.15) is 13.2 Å². The molecule has 0 heterocycles. The van der Waals surface area contributed by atoms with E-state index in [1.807, 2.05) is 32.1 Å². The number of benzene rings is 2. The van der Waals surface area contributed by atoms with Crippen molar-refractivity contribution in [3.05, 3.63) is 94.6 Å². The summed E-state index contributed by atoms with van der Waals surface area (Å²) in [5, 5.41) is 11.7. The summed E-state index contributed by atoms with van der Waals surface area (Å²) in [4.78, 5) is 24.6. The molecule has 200 valence electrons. The van der Waals surface area contributed by atoms with E-state index in [1.54, 1.807) is 18.2 Å². The second-order valence-electron chi connectivity index (χ2n) is 9.82. The Balaban J connectivity index is 1.58. The third-order valence-electron chi connectivity index (χ3n) is 6.72. The maximum Gasteiger partial charge on any atom is 0.418 e. The molecule has 5 nitrogen and oxygen atoms in total. The molecular weight excluding hydrogens is 495 g/mol. The molecule has 2 aromatic carbocycles. The number of carboxylic acids is 1. The number of hydrogen-bond donors (Lipinski definition) is 2. The highest BCUT2D eigenvalue weighted by Crippen LogP contribution is 2.49. The van der Waals surface area contributed by atoms with E-state index < -0.39 is 35.2 Å². The first-order valence-corrected chi connectivity index (χ1v) is 12.6. The van der Waals surface area contributed by atoms with Crippen molar-refractivity contribution in [3.8, 4) is 5.75 Å². The van der Waals surface area contributed by atoms with E-state index >= 15 is 0 Å². The van der Waals surface area contributed by atoms with Crippen molar-refractivity contribution in [1.82, 2.24) is 0 Å². The Bertz CT molecular complexity index is 1310. The van der Waals surface area contributed by atoms with Crippen molar-refractivity contribution < 1.29 is 32.6 Å². The SMILES string of the molecule is CC(C)c1c(OCCC2=CC=CCC=C2)cccc1C(=O)Nc1cc([C@H]2C[C@H]2C(=O)O)ccc1C(F)(F)F. The van der Waals surface area contributed by atoms with Gasteiger partial charge in [-0.25, -0.2) is 0 Å². The highest BCUT2D eigenvalue weighted by atomic mass is 19.4. The lowest BCUT2D eigenvalue weighted by atomic mass is 9.95. The molecule has 2 aliphatic rings. The van der Waals surface area contributed by atoms with Gasteiger partial charge in [-0.1, -0.05) is 56.4 Å². The van der Waals surface area contributed by atoms with Crippen molar-refractivity contribution in [2.45, 2.75) is 51.1 Å². The molecule has 1 fully saturated rings. The van der Waals surface area contributed by atoms with E-state index in [2.05, 4.69) is 17.5 Å². The summed E-state index contributed by atoms with van der Waals surface area (Å²) in [7, 11) is 0. The normalized spacial score (nSPS) is 18.6. The van der Waals surface area contributed by atoms with Crippen LogP contribution in [0.5, 0.6) is 5.75 Å². The van der Waals surface area contributed by atoms with Crippen molar-refractivity contribution in [1.29, 1.82) is 0 Å². The summed E-state index contributed by atoms with van der Waals surface area (Å²) in [6.07, 6.45) is 7.37. The van der Waals surface area contributed by atoms with Crippen molar-refractivity contribution in [3.63, 3.8) is 0 Å². The highest BCUT2D eigenvalue weighted by Gasteiger charge is 2.45. The fourth-order valence-corrected chi connectivity index (χ4v) is 4.70. The van der Waals surface area contributed by atoms with Crippen LogP contribution < -0.4 is 10.1 Å². The molecule has 38 heavy (non-hydrogen) atoms. The summed E-state index contributed by atoms with van der Waals surface area (Å²) in [5.74, 6) is -2.30. The zero-order valence-electron chi connectivity index (χ0n) is 21.2. The Labute approximate surface area is 219 Å². The van der Waals surface area contributed by atoms with Crippen LogP contribution in [0.3, 0.4) is 0 Å². The van der Waals surface area contributed by atoms with Crippen molar-refractivity contribution >= 4 is 17.6 Å². The predicted octanol–water partition coefficient (Wildman–Crippen LogP) is 7.48. The van der Waals surface area contributed by atoms with E-state index in [9.17, 15) is 27.9 Å². The number of allylic oxidation sites excluding steroid dienone is 5. The van der Waals surface area contributed by atoms with Gasteiger partial charge >= 0.3 is 12.1 Å². The zero-order valence-corrected chi connectivity index (χ0v) is 21.2. The van der Waals surface area contributed by atoms with Gasteiger partial charge in [0, 0.05) is 17.5 Å². The van der Waals surface area contributed by atoms with Gasteiger partial charge in [0.15, 0.2) is 0 Å². The molecule has 4 rings (SSSR count). The Kier molecular flexibility index (Phi) is 8.09. The Morgan fingerprint density at radius 2 is 1.95 bits per heavy atom. The molecule has 2 aromatic rings. The van der Waals surface area contributed by atoms with Crippen LogP contribution in [-0.4, -0.2) is 23.6 Å². The van der Waals surface area contributed by atoms with Crippen LogP contribution in [-0.2, 0) is 11.0 Å². The molecule has 0 unspecified atom stereocenters. The average Bonchev–Trinajstić information content (AvgIpc) is 3.68. The van der Waals surface area contributed by atoms with Gasteiger partial charge in [-0.3, -0.25) is 9.59 Å². The zero-order chi connectivity index (χ0) is 27.4. The topological polar surface area (TPSA) is 75.6 Å². The van der Waals surface area contributed by atoms with Crippen molar-refractivity contribution in [2.24, 2.45) is 5.92 Å². The highest BCUT2D eigenvalue weighted by molar-refractivity contribution is 6.06. The minimum atomic E-state index is -4.70. The van der Waals surface area contributed by atoms with Crippen LogP contribution >= 0.6 is 0 Å². The summed E-state index contributed by atoms with van der Waals surface area (Å²) >= 11 is 0.